The van der Waals surface area contributed by atoms with Gasteiger partial charge in [0, 0.05) is 43.4 Å². The van der Waals surface area contributed by atoms with Gasteiger partial charge in [0.25, 0.3) is 5.78 Å². The van der Waals surface area contributed by atoms with Crippen LogP contribution in [0, 0.1) is 13.8 Å². The summed E-state index contributed by atoms with van der Waals surface area (Å²) in [6.07, 6.45) is 8.80. The minimum atomic E-state index is 0.0625. The molecule has 0 saturated carbocycles. The monoisotopic (exact) mass is 518 g/mol. The molecule has 1 atom stereocenters. The van der Waals surface area contributed by atoms with Crippen LogP contribution in [0.5, 0.6) is 5.75 Å². The Labute approximate surface area is 224 Å². The minimum absolute atomic E-state index is 0.0625. The van der Waals surface area contributed by atoms with E-state index in [1.165, 1.54) is 18.3 Å². The highest BCUT2D eigenvalue weighted by atomic mass is 16.5. The molecule has 3 aromatic rings. The van der Waals surface area contributed by atoms with Crippen molar-refractivity contribution in [2.45, 2.75) is 77.7 Å². The molecule has 1 aromatic carbocycles. The van der Waals surface area contributed by atoms with Gasteiger partial charge < -0.3 is 14.5 Å². The largest absolute Gasteiger partial charge is 0.492 e. The lowest BCUT2D eigenvalue weighted by Gasteiger charge is -2.36. The van der Waals surface area contributed by atoms with Crippen molar-refractivity contribution in [2.24, 2.45) is 0 Å². The molecule has 202 valence electrons. The van der Waals surface area contributed by atoms with Gasteiger partial charge in [-0.3, -0.25) is 9.59 Å². The summed E-state index contributed by atoms with van der Waals surface area (Å²) in [7, 11) is 0. The van der Waals surface area contributed by atoms with E-state index in [9.17, 15) is 9.59 Å². The molecule has 0 N–H and O–H groups in total. The Morgan fingerprint density at radius 1 is 1.08 bits per heavy atom. The number of nitrogens with zero attached hydrogens (tertiary/aromatic N) is 6. The average Bonchev–Trinajstić information content (AvgIpc) is 3.39. The maximum atomic E-state index is 13.4. The molecular formula is C29H38N6O3. The van der Waals surface area contributed by atoms with Gasteiger partial charge in [-0.25, -0.2) is 9.50 Å². The number of fused-ring (bicyclic) bond motifs is 4. The molecule has 1 fully saturated rings. The lowest BCUT2D eigenvalue weighted by molar-refractivity contribution is -0.136. The predicted molar refractivity (Wildman–Crippen MR) is 144 cm³/mol. The summed E-state index contributed by atoms with van der Waals surface area (Å²) in [6, 6.07) is 8.53. The summed E-state index contributed by atoms with van der Waals surface area (Å²) in [5, 5.41) is 4.26. The van der Waals surface area contributed by atoms with Crippen LogP contribution in [0.4, 0.5) is 0 Å². The van der Waals surface area contributed by atoms with E-state index < -0.39 is 0 Å². The first-order chi connectivity index (χ1) is 18.5. The van der Waals surface area contributed by atoms with Crippen LogP contribution in [0.3, 0.4) is 0 Å². The molecular weight excluding hydrogens is 480 g/mol. The van der Waals surface area contributed by atoms with E-state index in [2.05, 4.69) is 32.1 Å². The molecule has 2 bridgehead atoms. The number of ether oxygens (including phenoxy) is 1. The SMILES string of the molecule is Cc1nc2ncnn2c(C)c1CCC(=O)N1CCCC(=O)N2CCCCC2CCc2cccc(c2)OCC1. The van der Waals surface area contributed by atoms with Gasteiger partial charge in [-0.2, -0.15) is 10.1 Å². The Morgan fingerprint density at radius 2 is 1.97 bits per heavy atom. The summed E-state index contributed by atoms with van der Waals surface area (Å²) < 4.78 is 7.79. The number of carbonyl (C=O) groups is 2. The van der Waals surface area contributed by atoms with E-state index in [0.29, 0.717) is 57.2 Å². The van der Waals surface area contributed by atoms with Crippen molar-refractivity contribution in [2.75, 3.05) is 26.2 Å². The fourth-order valence-electron chi connectivity index (χ4n) is 5.86. The molecule has 38 heavy (non-hydrogen) atoms. The second kappa shape index (κ2) is 11.9. The molecule has 1 saturated heterocycles. The number of rotatable bonds is 3. The molecule has 0 aliphatic carbocycles. The number of hydrogen-bond acceptors (Lipinski definition) is 6. The lowest BCUT2D eigenvalue weighted by Crippen LogP contribution is -2.44. The number of piperidine rings is 1. The summed E-state index contributed by atoms with van der Waals surface area (Å²) in [6.45, 7) is 6.24. The lowest BCUT2D eigenvalue weighted by atomic mass is 9.95. The van der Waals surface area contributed by atoms with Crippen molar-refractivity contribution in [3.8, 4) is 5.75 Å². The standard InChI is InChI=1S/C29H38N6O3/c1-21-26(22(2)35-29(32-21)30-20-31-35)13-14-27(36)33-15-6-10-28(37)34-16-4-3-8-24(34)12-11-23-7-5-9-25(19-23)38-18-17-33/h5,7,9,19-20,24H,3-4,6,8,10-18H2,1-2H3. The quantitative estimate of drug-likeness (QED) is 0.525. The van der Waals surface area contributed by atoms with Gasteiger partial charge in [0.2, 0.25) is 11.8 Å². The van der Waals surface area contributed by atoms with Crippen molar-refractivity contribution in [1.29, 1.82) is 0 Å². The smallest absolute Gasteiger partial charge is 0.252 e. The van der Waals surface area contributed by atoms with Gasteiger partial charge in [0.1, 0.15) is 18.7 Å². The van der Waals surface area contributed by atoms with Crippen LogP contribution in [0.25, 0.3) is 5.78 Å². The Kier molecular flexibility index (Phi) is 8.20. The normalized spacial score (nSPS) is 19.4. The van der Waals surface area contributed by atoms with Crippen molar-refractivity contribution >= 4 is 17.6 Å². The fraction of sp³-hybridized carbons (Fsp3) is 0.552. The summed E-state index contributed by atoms with van der Waals surface area (Å²) in [4.78, 5) is 39.3. The first kappa shape index (κ1) is 26.1. The first-order valence-corrected chi connectivity index (χ1v) is 13.9. The van der Waals surface area contributed by atoms with Crippen molar-refractivity contribution in [1.82, 2.24) is 29.4 Å². The van der Waals surface area contributed by atoms with Crippen LogP contribution in [0.15, 0.2) is 30.6 Å². The second-order valence-electron chi connectivity index (χ2n) is 10.5. The van der Waals surface area contributed by atoms with Crippen LogP contribution >= 0.6 is 0 Å². The minimum Gasteiger partial charge on any atom is -0.492 e. The highest BCUT2D eigenvalue weighted by Crippen LogP contribution is 2.24. The van der Waals surface area contributed by atoms with Gasteiger partial charge in [-0.05, 0) is 82.1 Å². The van der Waals surface area contributed by atoms with E-state index >= 15 is 0 Å². The Bertz CT molecular complexity index is 1290. The second-order valence-corrected chi connectivity index (χ2v) is 10.5. The third-order valence-electron chi connectivity index (χ3n) is 7.99. The highest BCUT2D eigenvalue weighted by Gasteiger charge is 2.26. The maximum absolute atomic E-state index is 13.4. The van der Waals surface area contributed by atoms with Crippen LogP contribution < -0.4 is 4.74 Å². The molecule has 1 unspecified atom stereocenters. The van der Waals surface area contributed by atoms with Gasteiger partial charge in [-0.15, -0.1) is 0 Å². The number of hydrogen-bond donors (Lipinski definition) is 0. The van der Waals surface area contributed by atoms with E-state index in [0.717, 1.165) is 54.9 Å². The Morgan fingerprint density at radius 3 is 2.87 bits per heavy atom. The van der Waals surface area contributed by atoms with E-state index in [4.69, 9.17) is 4.74 Å². The summed E-state index contributed by atoms with van der Waals surface area (Å²) in [5.74, 6) is 1.69. The zero-order valence-corrected chi connectivity index (χ0v) is 22.6. The van der Waals surface area contributed by atoms with Gasteiger partial charge in [0.05, 0.1) is 6.54 Å². The highest BCUT2D eigenvalue weighted by molar-refractivity contribution is 5.78. The van der Waals surface area contributed by atoms with Crippen LogP contribution in [-0.4, -0.2) is 73.5 Å². The van der Waals surface area contributed by atoms with Crippen LogP contribution in [0.1, 0.15) is 67.5 Å². The first-order valence-electron chi connectivity index (χ1n) is 13.9. The molecule has 2 aliphatic rings. The Hall–Kier alpha value is -3.49. The maximum Gasteiger partial charge on any atom is 0.252 e. The molecule has 4 heterocycles. The number of aromatic nitrogens is 4. The zero-order valence-electron chi connectivity index (χ0n) is 22.6. The topological polar surface area (TPSA) is 92.9 Å². The van der Waals surface area contributed by atoms with Crippen molar-refractivity contribution < 1.29 is 14.3 Å². The molecule has 9 nitrogen and oxygen atoms in total. The van der Waals surface area contributed by atoms with Crippen LogP contribution in [-0.2, 0) is 22.4 Å². The van der Waals surface area contributed by atoms with Crippen LogP contribution in [0.2, 0.25) is 0 Å². The third-order valence-corrected chi connectivity index (χ3v) is 7.99. The summed E-state index contributed by atoms with van der Waals surface area (Å²) in [5.41, 5.74) is 4.08. The number of amides is 2. The molecule has 0 radical (unpaired) electrons. The number of benzene rings is 1. The third kappa shape index (κ3) is 5.97. The Balaban J connectivity index is 1.29. The van der Waals surface area contributed by atoms with Crippen molar-refractivity contribution in [3.63, 3.8) is 0 Å². The van der Waals surface area contributed by atoms with E-state index in [-0.39, 0.29) is 11.8 Å². The van der Waals surface area contributed by atoms with Gasteiger partial charge in [0.15, 0.2) is 0 Å². The van der Waals surface area contributed by atoms with Gasteiger partial charge in [-0.1, -0.05) is 12.1 Å². The number of aryl methyl sites for hydroxylation is 3. The van der Waals surface area contributed by atoms with E-state index in [1.54, 1.807) is 4.52 Å². The molecule has 9 heteroatoms. The molecule has 0 spiro atoms. The zero-order chi connectivity index (χ0) is 26.5. The van der Waals surface area contributed by atoms with E-state index in [1.807, 2.05) is 30.9 Å². The molecule has 5 rings (SSSR count). The van der Waals surface area contributed by atoms with Gasteiger partial charge >= 0.3 is 0 Å². The predicted octanol–water partition coefficient (Wildman–Crippen LogP) is 3.69. The summed E-state index contributed by atoms with van der Waals surface area (Å²) >= 11 is 0. The molecule has 2 amide bonds. The van der Waals surface area contributed by atoms with Crippen molar-refractivity contribution in [3.05, 3.63) is 53.1 Å². The average molecular weight is 519 g/mol. The fourth-order valence-corrected chi connectivity index (χ4v) is 5.86. The number of carbonyl (C=O) groups excluding carboxylic acids is 2. The molecule has 2 aliphatic heterocycles. The molecule has 2 aromatic heterocycles.